The fraction of sp³-hybridized carbons (Fsp3) is 0.368. The molecule has 1 aliphatic rings. The molecule has 0 bridgehead atoms. The molecule has 2 heterocycles. The number of halogens is 3. The molecular formula is C19H21F3N4O. The molecule has 1 aromatic carbocycles. The van der Waals surface area contributed by atoms with Gasteiger partial charge in [-0.15, -0.1) is 0 Å². The third-order valence-corrected chi connectivity index (χ3v) is 4.67. The molecule has 1 aromatic heterocycles. The van der Waals surface area contributed by atoms with E-state index in [-0.39, 0.29) is 5.69 Å². The Hall–Kier alpha value is -2.77. The van der Waals surface area contributed by atoms with Gasteiger partial charge in [-0.2, -0.15) is 13.2 Å². The third-order valence-electron chi connectivity index (χ3n) is 4.67. The highest BCUT2D eigenvalue weighted by Gasteiger charge is 2.33. The lowest BCUT2D eigenvalue weighted by molar-refractivity contribution is -0.136. The molecule has 0 unspecified atom stereocenters. The molecule has 2 aromatic rings. The number of alkyl halides is 3. The second kappa shape index (κ2) is 8.28. The normalized spacial score (nSPS) is 15.4. The van der Waals surface area contributed by atoms with E-state index in [1.54, 1.807) is 12.4 Å². The topological polar surface area (TPSA) is 57.3 Å². The van der Waals surface area contributed by atoms with Gasteiger partial charge in [-0.1, -0.05) is 12.1 Å². The molecule has 1 fully saturated rings. The number of amides is 2. The predicted molar refractivity (Wildman–Crippen MR) is 97.6 cm³/mol. The summed E-state index contributed by atoms with van der Waals surface area (Å²) >= 11 is 0. The highest BCUT2D eigenvalue weighted by Crippen LogP contribution is 2.34. The van der Waals surface area contributed by atoms with Crippen LogP contribution in [-0.4, -0.2) is 30.6 Å². The predicted octanol–water partition coefficient (Wildman–Crippen LogP) is 4.14. The minimum Gasteiger partial charge on any atom is -0.371 e. The van der Waals surface area contributed by atoms with Gasteiger partial charge in [-0.25, -0.2) is 4.79 Å². The summed E-state index contributed by atoms with van der Waals surface area (Å²) in [5.41, 5.74) is 0.0266. The first-order valence-electron chi connectivity index (χ1n) is 8.79. The van der Waals surface area contributed by atoms with E-state index >= 15 is 0 Å². The van der Waals surface area contributed by atoms with Crippen LogP contribution in [0.1, 0.15) is 18.4 Å². The zero-order chi connectivity index (χ0) is 19.3. The van der Waals surface area contributed by atoms with Gasteiger partial charge in [-0.05, 0) is 43.0 Å². The van der Waals surface area contributed by atoms with E-state index in [4.69, 9.17) is 0 Å². The van der Waals surface area contributed by atoms with E-state index in [9.17, 15) is 18.0 Å². The van der Waals surface area contributed by atoms with Crippen LogP contribution in [0.5, 0.6) is 0 Å². The van der Waals surface area contributed by atoms with Crippen LogP contribution in [0, 0.1) is 5.92 Å². The molecule has 0 radical (unpaired) electrons. The molecule has 1 saturated heterocycles. The number of carbonyl (C=O) groups is 1. The fourth-order valence-corrected chi connectivity index (χ4v) is 3.19. The SMILES string of the molecule is O=C(NCC1CCN(c2ccncc2)CC1)Nc1ccccc1C(F)(F)F. The number of para-hydroxylation sites is 1. The van der Waals surface area contributed by atoms with Gasteiger partial charge in [0.1, 0.15) is 0 Å². The average molecular weight is 378 g/mol. The van der Waals surface area contributed by atoms with Crippen molar-refractivity contribution in [3.05, 3.63) is 54.4 Å². The summed E-state index contributed by atoms with van der Waals surface area (Å²) in [7, 11) is 0. The van der Waals surface area contributed by atoms with E-state index in [0.717, 1.165) is 37.7 Å². The number of hydrogen-bond acceptors (Lipinski definition) is 3. The van der Waals surface area contributed by atoms with Crippen LogP contribution in [0.15, 0.2) is 48.8 Å². The van der Waals surface area contributed by atoms with Gasteiger partial charge in [0.2, 0.25) is 0 Å². The van der Waals surface area contributed by atoms with Crippen molar-refractivity contribution in [2.24, 2.45) is 5.92 Å². The third kappa shape index (κ3) is 5.12. The number of hydrogen-bond donors (Lipinski definition) is 2. The maximum absolute atomic E-state index is 13.0. The Kier molecular flexibility index (Phi) is 5.83. The fourth-order valence-electron chi connectivity index (χ4n) is 3.19. The molecule has 0 aliphatic carbocycles. The summed E-state index contributed by atoms with van der Waals surface area (Å²) in [6.45, 7) is 2.17. The van der Waals surface area contributed by atoms with Crippen molar-refractivity contribution in [3.8, 4) is 0 Å². The Balaban J connectivity index is 1.47. The summed E-state index contributed by atoms with van der Waals surface area (Å²) < 4.78 is 38.9. The van der Waals surface area contributed by atoms with Crippen molar-refractivity contribution in [2.45, 2.75) is 19.0 Å². The Morgan fingerprint density at radius 1 is 1.11 bits per heavy atom. The number of pyridine rings is 1. The van der Waals surface area contributed by atoms with Gasteiger partial charge in [0.15, 0.2) is 0 Å². The number of carbonyl (C=O) groups excluding carboxylic acids is 1. The van der Waals surface area contributed by atoms with Gasteiger partial charge in [0.05, 0.1) is 11.3 Å². The lowest BCUT2D eigenvalue weighted by Crippen LogP contribution is -2.40. The maximum Gasteiger partial charge on any atom is 0.418 e. The number of benzene rings is 1. The number of aromatic nitrogens is 1. The molecule has 2 amide bonds. The second-order valence-electron chi connectivity index (χ2n) is 6.51. The van der Waals surface area contributed by atoms with Crippen LogP contribution >= 0.6 is 0 Å². The van der Waals surface area contributed by atoms with Gasteiger partial charge in [0.25, 0.3) is 0 Å². The minimum absolute atomic E-state index is 0.241. The van der Waals surface area contributed by atoms with E-state index < -0.39 is 17.8 Å². The van der Waals surface area contributed by atoms with Gasteiger partial charge < -0.3 is 15.5 Å². The number of piperidine rings is 1. The molecule has 2 N–H and O–H groups in total. The number of nitrogens with zero attached hydrogens (tertiary/aromatic N) is 2. The summed E-state index contributed by atoms with van der Waals surface area (Å²) in [5, 5.41) is 4.99. The minimum atomic E-state index is -4.51. The van der Waals surface area contributed by atoms with E-state index in [2.05, 4.69) is 20.5 Å². The molecule has 0 atom stereocenters. The highest BCUT2D eigenvalue weighted by atomic mass is 19.4. The number of rotatable bonds is 4. The van der Waals surface area contributed by atoms with Crippen molar-refractivity contribution < 1.29 is 18.0 Å². The Bertz CT molecular complexity index is 759. The van der Waals surface area contributed by atoms with Crippen molar-refractivity contribution in [1.29, 1.82) is 0 Å². The molecule has 3 rings (SSSR count). The monoisotopic (exact) mass is 378 g/mol. The lowest BCUT2D eigenvalue weighted by Gasteiger charge is -2.33. The first-order valence-corrected chi connectivity index (χ1v) is 8.79. The van der Waals surface area contributed by atoms with Crippen molar-refractivity contribution in [1.82, 2.24) is 10.3 Å². The summed E-state index contributed by atoms with van der Waals surface area (Å²) in [6.07, 6.45) is 0.811. The quantitative estimate of drug-likeness (QED) is 0.841. The Labute approximate surface area is 155 Å². The number of nitrogens with one attached hydrogen (secondary N) is 2. The maximum atomic E-state index is 13.0. The highest BCUT2D eigenvalue weighted by molar-refractivity contribution is 5.90. The van der Waals surface area contributed by atoms with E-state index in [0.29, 0.717) is 12.5 Å². The van der Waals surface area contributed by atoms with Crippen LogP contribution < -0.4 is 15.5 Å². The molecule has 8 heteroatoms. The molecule has 144 valence electrons. The van der Waals surface area contributed by atoms with Gasteiger partial charge >= 0.3 is 12.2 Å². The van der Waals surface area contributed by atoms with E-state index in [1.807, 2.05) is 12.1 Å². The lowest BCUT2D eigenvalue weighted by atomic mass is 9.96. The van der Waals surface area contributed by atoms with Gasteiger partial charge in [0, 0.05) is 37.7 Å². The Morgan fingerprint density at radius 2 is 1.78 bits per heavy atom. The number of anilines is 2. The van der Waals surface area contributed by atoms with Crippen molar-refractivity contribution in [2.75, 3.05) is 29.9 Å². The standard InChI is InChI=1S/C19H21F3N4O/c20-19(21,22)16-3-1-2-4-17(16)25-18(27)24-13-14-7-11-26(12-8-14)15-5-9-23-10-6-15/h1-6,9-10,14H,7-8,11-13H2,(H2,24,25,27). The summed E-state index contributed by atoms with van der Waals surface area (Å²) in [4.78, 5) is 18.3. The molecule has 0 saturated carbocycles. The zero-order valence-electron chi connectivity index (χ0n) is 14.7. The molecule has 1 aliphatic heterocycles. The Morgan fingerprint density at radius 3 is 2.44 bits per heavy atom. The smallest absolute Gasteiger partial charge is 0.371 e. The molecule has 0 spiro atoms. The molecular weight excluding hydrogens is 357 g/mol. The molecule has 5 nitrogen and oxygen atoms in total. The van der Waals surface area contributed by atoms with Crippen LogP contribution in [0.25, 0.3) is 0 Å². The largest absolute Gasteiger partial charge is 0.418 e. The summed E-state index contributed by atoms with van der Waals surface area (Å²) in [6, 6.07) is 8.25. The van der Waals surface area contributed by atoms with Crippen LogP contribution in [-0.2, 0) is 6.18 Å². The van der Waals surface area contributed by atoms with E-state index in [1.165, 1.54) is 18.2 Å². The first-order chi connectivity index (χ1) is 12.9. The first kappa shape index (κ1) is 19.0. The van der Waals surface area contributed by atoms with Crippen LogP contribution in [0.2, 0.25) is 0 Å². The van der Waals surface area contributed by atoms with Crippen LogP contribution in [0.3, 0.4) is 0 Å². The van der Waals surface area contributed by atoms with Crippen molar-refractivity contribution >= 4 is 17.4 Å². The van der Waals surface area contributed by atoms with Crippen molar-refractivity contribution in [3.63, 3.8) is 0 Å². The molecule has 27 heavy (non-hydrogen) atoms. The zero-order valence-corrected chi connectivity index (χ0v) is 14.7. The summed E-state index contributed by atoms with van der Waals surface area (Å²) in [5.74, 6) is 0.298. The van der Waals surface area contributed by atoms with Gasteiger partial charge in [-0.3, -0.25) is 4.98 Å². The number of urea groups is 1. The van der Waals surface area contributed by atoms with Crippen LogP contribution in [0.4, 0.5) is 29.3 Å². The second-order valence-corrected chi connectivity index (χ2v) is 6.51. The average Bonchev–Trinajstić information content (AvgIpc) is 2.67.